The topological polar surface area (TPSA) is 30.7 Å². The molecule has 2 aromatic heterocycles. The summed E-state index contributed by atoms with van der Waals surface area (Å²) in [5, 5.41) is 2.48. The Balaban J connectivity index is 1.09. The molecule has 49 heavy (non-hydrogen) atoms. The Morgan fingerprint density at radius 3 is 1.43 bits per heavy atom. The lowest BCUT2D eigenvalue weighted by Crippen LogP contribution is -1.95. The number of aromatic nitrogens is 3. The molecule has 0 atom stereocenters. The Bertz CT molecular complexity index is 2490. The van der Waals surface area contributed by atoms with E-state index < -0.39 is 0 Å². The first-order chi connectivity index (χ1) is 24.3. The molecule has 0 radical (unpaired) electrons. The Morgan fingerprint density at radius 1 is 0.306 bits per heavy atom. The molecule has 0 fully saturated rings. The molecule has 0 aliphatic heterocycles. The van der Waals surface area contributed by atoms with Crippen molar-refractivity contribution < 1.29 is 0 Å². The van der Waals surface area contributed by atoms with E-state index in [9.17, 15) is 0 Å². The summed E-state index contributed by atoms with van der Waals surface area (Å²) in [6, 6.07) is 66.2. The highest BCUT2D eigenvalue weighted by atomic mass is 15.0. The van der Waals surface area contributed by atoms with Crippen molar-refractivity contribution in [1.29, 1.82) is 0 Å². The van der Waals surface area contributed by atoms with Crippen molar-refractivity contribution in [3.8, 4) is 61.8 Å². The van der Waals surface area contributed by atoms with E-state index in [-0.39, 0.29) is 0 Å². The minimum atomic E-state index is 0.720. The van der Waals surface area contributed by atoms with Crippen LogP contribution in [0.2, 0.25) is 0 Å². The maximum Gasteiger partial charge on any atom is 0.160 e. The minimum Gasteiger partial charge on any atom is -0.309 e. The van der Waals surface area contributed by atoms with Crippen LogP contribution in [-0.4, -0.2) is 14.5 Å². The summed E-state index contributed by atoms with van der Waals surface area (Å²) >= 11 is 0. The fourth-order valence-corrected chi connectivity index (χ4v) is 6.77. The molecule has 0 bridgehead atoms. The van der Waals surface area contributed by atoms with E-state index in [0.29, 0.717) is 0 Å². The second-order valence-corrected chi connectivity index (χ2v) is 12.3. The van der Waals surface area contributed by atoms with Crippen LogP contribution in [0.3, 0.4) is 0 Å². The molecule has 3 nitrogen and oxygen atoms in total. The van der Waals surface area contributed by atoms with Gasteiger partial charge in [-0.3, -0.25) is 0 Å². The molecule has 3 heteroatoms. The fourth-order valence-electron chi connectivity index (χ4n) is 6.77. The Labute approximate surface area is 285 Å². The minimum absolute atomic E-state index is 0.720. The van der Waals surface area contributed by atoms with E-state index in [1.807, 2.05) is 36.4 Å². The second-order valence-electron chi connectivity index (χ2n) is 12.3. The molecule has 0 saturated heterocycles. The van der Waals surface area contributed by atoms with Gasteiger partial charge in [0.2, 0.25) is 0 Å². The van der Waals surface area contributed by atoms with Gasteiger partial charge in [0, 0.05) is 33.2 Å². The van der Waals surface area contributed by atoms with Crippen molar-refractivity contribution >= 4 is 21.8 Å². The summed E-state index contributed by atoms with van der Waals surface area (Å²) < 4.78 is 2.37. The first-order valence-electron chi connectivity index (χ1n) is 16.6. The standard InChI is InChI=1S/C46H31N3/c1-4-12-32(13-5-1)33-24-27-39(28-25-33)49-44-19-11-10-18-40(44)41-30-38(26-29-45(41)49)34-20-22-36(23-21-34)43-31-42(35-14-6-2-7-15-35)47-46(48-43)37-16-8-3-9-17-37/h1-31H. The van der Waals surface area contributed by atoms with Gasteiger partial charge < -0.3 is 4.57 Å². The van der Waals surface area contributed by atoms with Gasteiger partial charge >= 0.3 is 0 Å². The van der Waals surface area contributed by atoms with Gasteiger partial charge in [0.05, 0.1) is 22.4 Å². The molecule has 0 unspecified atom stereocenters. The summed E-state index contributed by atoms with van der Waals surface area (Å²) in [4.78, 5) is 9.96. The lowest BCUT2D eigenvalue weighted by Gasteiger charge is -2.11. The molecule has 0 aliphatic carbocycles. The number of rotatable bonds is 6. The summed E-state index contributed by atoms with van der Waals surface area (Å²) in [6.07, 6.45) is 0. The Hall–Kier alpha value is -6.58. The maximum atomic E-state index is 5.02. The third kappa shape index (κ3) is 5.38. The Kier molecular flexibility index (Phi) is 7.14. The van der Waals surface area contributed by atoms with Crippen molar-refractivity contribution in [3.05, 3.63) is 188 Å². The second kappa shape index (κ2) is 12.2. The average molecular weight is 626 g/mol. The van der Waals surface area contributed by atoms with Gasteiger partial charge in [0.15, 0.2) is 5.82 Å². The first kappa shape index (κ1) is 28.6. The zero-order valence-corrected chi connectivity index (χ0v) is 26.7. The average Bonchev–Trinajstić information content (AvgIpc) is 3.52. The summed E-state index contributed by atoms with van der Waals surface area (Å²) in [7, 11) is 0. The van der Waals surface area contributed by atoms with Crippen molar-refractivity contribution in [1.82, 2.24) is 14.5 Å². The largest absolute Gasteiger partial charge is 0.309 e. The van der Waals surface area contributed by atoms with E-state index in [1.54, 1.807) is 0 Å². The van der Waals surface area contributed by atoms with Crippen molar-refractivity contribution in [2.24, 2.45) is 0 Å². The van der Waals surface area contributed by atoms with E-state index in [1.165, 1.54) is 38.5 Å². The molecule has 9 aromatic rings. The molecule has 0 spiro atoms. The smallest absolute Gasteiger partial charge is 0.160 e. The van der Waals surface area contributed by atoms with Gasteiger partial charge in [-0.1, -0.05) is 152 Å². The zero-order valence-electron chi connectivity index (χ0n) is 26.7. The highest BCUT2D eigenvalue weighted by Gasteiger charge is 2.14. The predicted octanol–water partition coefficient (Wildman–Crippen LogP) is 11.9. The molecular weight excluding hydrogens is 595 g/mol. The number of fused-ring (bicyclic) bond motifs is 3. The van der Waals surface area contributed by atoms with Gasteiger partial charge in [-0.05, 0) is 58.7 Å². The van der Waals surface area contributed by atoms with Crippen molar-refractivity contribution in [2.75, 3.05) is 0 Å². The van der Waals surface area contributed by atoms with Crippen LogP contribution in [-0.2, 0) is 0 Å². The van der Waals surface area contributed by atoms with Gasteiger partial charge in [-0.25, -0.2) is 9.97 Å². The number of hydrogen-bond donors (Lipinski definition) is 0. The molecule has 2 heterocycles. The number of benzene rings is 7. The molecular formula is C46H31N3. The fraction of sp³-hybridized carbons (Fsp3) is 0. The molecule has 230 valence electrons. The van der Waals surface area contributed by atoms with Crippen LogP contribution in [0, 0.1) is 0 Å². The maximum absolute atomic E-state index is 5.02. The first-order valence-corrected chi connectivity index (χ1v) is 16.6. The molecule has 0 N–H and O–H groups in total. The number of nitrogens with zero attached hydrogens (tertiary/aromatic N) is 3. The van der Waals surface area contributed by atoms with E-state index in [2.05, 4.69) is 156 Å². The predicted molar refractivity (Wildman–Crippen MR) is 204 cm³/mol. The molecule has 0 amide bonds. The van der Waals surface area contributed by atoms with Crippen LogP contribution >= 0.6 is 0 Å². The third-order valence-corrected chi connectivity index (χ3v) is 9.25. The van der Waals surface area contributed by atoms with E-state index in [0.717, 1.165) is 45.2 Å². The van der Waals surface area contributed by atoms with E-state index in [4.69, 9.17) is 9.97 Å². The van der Waals surface area contributed by atoms with Gasteiger partial charge in [-0.2, -0.15) is 0 Å². The Morgan fingerprint density at radius 2 is 0.755 bits per heavy atom. The highest BCUT2D eigenvalue weighted by Crippen LogP contribution is 2.36. The molecule has 7 aromatic carbocycles. The lowest BCUT2D eigenvalue weighted by molar-refractivity contribution is 1.18. The third-order valence-electron chi connectivity index (χ3n) is 9.25. The van der Waals surface area contributed by atoms with Crippen LogP contribution < -0.4 is 0 Å². The monoisotopic (exact) mass is 625 g/mol. The van der Waals surface area contributed by atoms with Crippen LogP contribution in [0.1, 0.15) is 0 Å². The normalized spacial score (nSPS) is 11.3. The van der Waals surface area contributed by atoms with E-state index >= 15 is 0 Å². The van der Waals surface area contributed by atoms with Crippen molar-refractivity contribution in [2.45, 2.75) is 0 Å². The summed E-state index contributed by atoms with van der Waals surface area (Å²) in [5.74, 6) is 0.720. The van der Waals surface area contributed by atoms with Crippen LogP contribution in [0.15, 0.2) is 188 Å². The lowest BCUT2D eigenvalue weighted by atomic mass is 10.00. The number of hydrogen-bond acceptors (Lipinski definition) is 2. The molecule has 0 aliphatic rings. The zero-order chi connectivity index (χ0) is 32.6. The summed E-state index contributed by atoms with van der Waals surface area (Å²) in [5.41, 5.74) is 13.2. The van der Waals surface area contributed by atoms with Crippen LogP contribution in [0.5, 0.6) is 0 Å². The molecule has 9 rings (SSSR count). The van der Waals surface area contributed by atoms with Gasteiger partial charge in [0.1, 0.15) is 0 Å². The SMILES string of the molecule is c1ccc(-c2ccc(-n3c4ccccc4c4cc(-c5ccc(-c6cc(-c7ccccc7)nc(-c7ccccc7)n6)cc5)ccc43)cc2)cc1. The van der Waals surface area contributed by atoms with Gasteiger partial charge in [0.25, 0.3) is 0 Å². The summed E-state index contributed by atoms with van der Waals surface area (Å²) in [6.45, 7) is 0. The molecule has 0 saturated carbocycles. The van der Waals surface area contributed by atoms with Crippen molar-refractivity contribution in [3.63, 3.8) is 0 Å². The number of para-hydroxylation sites is 1. The highest BCUT2D eigenvalue weighted by molar-refractivity contribution is 6.10. The quantitative estimate of drug-likeness (QED) is 0.184. The van der Waals surface area contributed by atoms with Crippen LogP contribution in [0.25, 0.3) is 83.6 Å². The van der Waals surface area contributed by atoms with Gasteiger partial charge in [-0.15, -0.1) is 0 Å². The van der Waals surface area contributed by atoms with Crippen LogP contribution in [0.4, 0.5) is 0 Å².